The predicted octanol–water partition coefficient (Wildman–Crippen LogP) is 8.57. The van der Waals surface area contributed by atoms with E-state index in [0.29, 0.717) is 51.9 Å². The van der Waals surface area contributed by atoms with Crippen LogP contribution in [-0.4, -0.2) is 95.5 Å². The van der Waals surface area contributed by atoms with Crippen LogP contribution in [0, 0.1) is 0 Å². The van der Waals surface area contributed by atoms with E-state index in [1.165, 1.54) is 5.39 Å². The molecule has 0 spiro atoms. The van der Waals surface area contributed by atoms with Gasteiger partial charge in [-0.3, -0.25) is 4.79 Å². The highest BCUT2D eigenvalue weighted by Crippen LogP contribution is 2.43. The van der Waals surface area contributed by atoms with E-state index >= 15 is 0 Å². The van der Waals surface area contributed by atoms with Crippen LogP contribution < -0.4 is 4.74 Å². The summed E-state index contributed by atoms with van der Waals surface area (Å²) in [5.41, 5.74) is 2.02. The van der Waals surface area contributed by atoms with E-state index in [2.05, 4.69) is 101 Å². The van der Waals surface area contributed by atoms with Crippen molar-refractivity contribution in [3.05, 3.63) is 102 Å². The Hall–Kier alpha value is -3.23. The summed E-state index contributed by atoms with van der Waals surface area (Å²) >= 11 is 0. The Morgan fingerprint density at radius 2 is 1.59 bits per heavy atom. The minimum absolute atomic E-state index is 0.0497. The SMILES string of the molecule is COc1ccc([C@@H]2OC[C@H]3O[C@H]4CCC(=O)[C@H](C[C@H]5O[C@H]6CC=CCO[C@@H]6[C@@H](OCc6cccc7ccccc67)[C@@H]5O[Si](C)(C)C(C)(C)C)O[C@@H]4C/C=C\[C@@H]3O2)cc1. The Morgan fingerprint density at radius 1 is 0.793 bits per heavy atom. The Balaban J connectivity index is 1.03. The van der Waals surface area contributed by atoms with E-state index in [0.717, 1.165) is 22.3 Å². The number of carbonyl (C=O) groups excluding carboxylic acids is 1. The standard InChI is InChI=1S/C47H60O10Si/c1-47(2,3)58(5,6)57-44-41(55-39-17-9-10-26-50-43(39)45(44)51-28-32-15-11-14-30-13-7-8-16-34(30)32)27-40-35(48)24-25-38-36(53-40)18-12-19-37-42(54-38)29-52-46(56-37)31-20-22-33(49-4)23-21-31/h7-16,19-23,36-46H,17-18,24-29H2,1-6H3/b19-12-/t36-,37+,38+,39+,40+,41-,42-,43+,44-,45-,46-/m1/s1. The molecule has 312 valence electrons. The van der Waals surface area contributed by atoms with Crippen LogP contribution in [0.1, 0.15) is 70.3 Å². The average Bonchev–Trinajstić information content (AvgIpc) is 3.53. The van der Waals surface area contributed by atoms with Gasteiger partial charge in [-0.25, -0.2) is 0 Å². The quantitative estimate of drug-likeness (QED) is 0.154. The van der Waals surface area contributed by atoms with E-state index in [-0.39, 0.29) is 47.4 Å². The molecule has 0 N–H and O–H groups in total. The highest BCUT2D eigenvalue weighted by Gasteiger charge is 2.53. The molecule has 5 aliphatic heterocycles. The number of carbonyl (C=O) groups is 1. The Labute approximate surface area is 344 Å². The molecular weight excluding hydrogens is 753 g/mol. The van der Waals surface area contributed by atoms with Gasteiger partial charge in [-0.15, -0.1) is 0 Å². The first kappa shape index (κ1) is 41.5. The molecule has 0 bridgehead atoms. The van der Waals surface area contributed by atoms with Crippen molar-refractivity contribution in [3.8, 4) is 5.75 Å². The Bertz CT molecular complexity index is 1920. The second kappa shape index (κ2) is 17.8. The van der Waals surface area contributed by atoms with Crippen LogP contribution in [0.15, 0.2) is 91.0 Å². The number of ketones is 1. The molecule has 58 heavy (non-hydrogen) atoms. The number of ether oxygens (including phenoxy) is 8. The van der Waals surface area contributed by atoms with Gasteiger partial charge in [0, 0.05) is 18.4 Å². The van der Waals surface area contributed by atoms with Crippen molar-refractivity contribution in [1.29, 1.82) is 0 Å². The smallest absolute Gasteiger partial charge is 0.192 e. The molecule has 0 amide bonds. The number of benzene rings is 3. The van der Waals surface area contributed by atoms with Gasteiger partial charge in [0.2, 0.25) is 0 Å². The zero-order valence-corrected chi connectivity index (χ0v) is 35.8. The number of hydrogen-bond donors (Lipinski definition) is 0. The van der Waals surface area contributed by atoms with Crippen molar-refractivity contribution in [2.75, 3.05) is 20.3 Å². The van der Waals surface area contributed by atoms with Crippen molar-refractivity contribution in [2.45, 2.75) is 145 Å². The Kier molecular flexibility index (Phi) is 12.7. The molecule has 0 saturated carbocycles. The van der Waals surface area contributed by atoms with Crippen LogP contribution in [-0.2, 0) is 49.0 Å². The zero-order valence-electron chi connectivity index (χ0n) is 34.8. The molecule has 0 aromatic heterocycles. The maximum Gasteiger partial charge on any atom is 0.192 e. The number of fused-ring (bicyclic) bond motifs is 4. The van der Waals surface area contributed by atoms with Gasteiger partial charge in [-0.05, 0) is 65.9 Å². The third-order valence-corrected chi connectivity index (χ3v) is 17.4. The maximum absolute atomic E-state index is 14.1. The molecule has 11 heteroatoms. The van der Waals surface area contributed by atoms with E-state index in [9.17, 15) is 4.79 Å². The van der Waals surface area contributed by atoms with Gasteiger partial charge in [0.1, 0.15) is 42.4 Å². The largest absolute Gasteiger partial charge is 0.497 e. The highest BCUT2D eigenvalue weighted by atomic mass is 28.4. The zero-order chi connectivity index (χ0) is 40.4. The minimum Gasteiger partial charge on any atom is -0.497 e. The van der Waals surface area contributed by atoms with Crippen LogP contribution >= 0.6 is 0 Å². The predicted molar refractivity (Wildman–Crippen MR) is 223 cm³/mol. The van der Waals surface area contributed by atoms with Gasteiger partial charge in [0.25, 0.3) is 0 Å². The second-order valence-electron chi connectivity index (χ2n) is 17.8. The monoisotopic (exact) mass is 812 g/mol. The van der Waals surface area contributed by atoms with Gasteiger partial charge < -0.3 is 42.3 Å². The van der Waals surface area contributed by atoms with Crippen molar-refractivity contribution < 1.29 is 47.1 Å². The Morgan fingerprint density at radius 3 is 2.40 bits per heavy atom. The van der Waals surface area contributed by atoms with Crippen molar-refractivity contribution in [2.24, 2.45) is 0 Å². The fourth-order valence-electron chi connectivity index (χ4n) is 8.60. The summed E-state index contributed by atoms with van der Waals surface area (Å²) in [4.78, 5) is 14.1. The molecule has 10 nitrogen and oxygen atoms in total. The molecule has 5 heterocycles. The number of Topliss-reactive ketones (excluding diaryl/α,β-unsaturated/α-hetero) is 1. The summed E-state index contributed by atoms with van der Waals surface area (Å²) in [5, 5.41) is 2.25. The lowest BCUT2D eigenvalue weighted by Gasteiger charge is -2.50. The first-order valence-corrected chi connectivity index (χ1v) is 24.0. The van der Waals surface area contributed by atoms with Crippen molar-refractivity contribution in [1.82, 2.24) is 0 Å². The molecule has 0 radical (unpaired) electrons. The third-order valence-electron chi connectivity index (χ3n) is 12.9. The van der Waals surface area contributed by atoms with Gasteiger partial charge in [0.15, 0.2) is 20.4 Å². The van der Waals surface area contributed by atoms with Crippen LogP contribution in [0.4, 0.5) is 0 Å². The number of hydrogen-bond acceptors (Lipinski definition) is 10. The van der Waals surface area contributed by atoms with Gasteiger partial charge in [-0.2, -0.15) is 0 Å². The lowest BCUT2D eigenvalue weighted by Crippen LogP contribution is -2.63. The lowest BCUT2D eigenvalue weighted by molar-refractivity contribution is -0.269. The fourth-order valence-corrected chi connectivity index (χ4v) is 9.92. The summed E-state index contributed by atoms with van der Waals surface area (Å²) in [5.74, 6) is 0.825. The molecule has 0 unspecified atom stereocenters. The molecule has 3 aromatic rings. The van der Waals surface area contributed by atoms with Crippen molar-refractivity contribution >= 4 is 24.9 Å². The van der Waals surface area contributed by atoms with Crippen LogP contribution in [0.25, 0.3) is 10.8 Å². The summed E-state index contributed by atoms with van der Waals surface area (Å²) in [6.07, 6.45) is 6.32. The number of rotatable bonds is 9. The molecule has 11 atom stereocenters. The van der Waals surface area contributed by atoms with Crippen LogP contribution in [0.5, 0.6) is 5.75 Å². The summed E-state index contributed by atoms with van der Waals surface area (Å²) < 4.78 is 59.4. The van der Waals surface area contributed by atoms with Gasteiger partial charge in [-0.1, -0.05) is 99.7 Å². The number of methoxy groups -OCH3 is 1. The van der Waals surface area contributed by atoms with Crippen LogP contribution in [0.2, 0.25) is 18.1 Å². The van der Waals surface area contributed by atoms with E-state index in [4.69, 9.17) is 42.3 Å². The molecule has 3 aromatic carbocycles. The lowest BCUT2D eigenvalue weighted by atomic mass is 9.89. The average molecular weight is 813 g/mol. The van der Waals surface area contributed by atoms with Gasteiger partial charge in [0.05, 0.1) is 51.3 Å². The topological polar surface area (TPSA) is 100 Å². The molecule has 8 rings (SSSR count). The summed E-state index contributed by atoms with van der Waals surface area (Å²) in [7, 11) is -0.746. The van der Waals surface area contributed by atoms with E-state index in [1.54, 1.807) is 7.11 Å². The fraction of sp³-hybridized carbons (Fsp3) is 0.553. The molecule has 3 fully saturated rings. The highest BCUT2D eigenvalue weighted by molar-refractivity contribution is 6.74. The minimum atomic E-state index is -2.39. The van der Waals surface area contributed by atoms with Crippen LogP contribution in [0.3, 0.4) is 0 Å². The molecule has 3 saturated heterocycles. The van der Waals surface area contributed by atoms with Gasteiger partial charge >= 0.3 is 0 Å². The van der Waals surface area contributed by atoms with Crippen molar-refractivity contribution in [3.63, 3.8) is 0 Å². The maximum atomic E-state index is 14.1. The first-order valence-electron chi connectivity index (χ1n) is 21.1. The third kappa shape index (κ3) is 9.08. The molecule has 0 aliphatic carbocycles. The van der Waals surface area contributed by atoms with E-state index in [1.807, 2.05) is 24.3 Å². The second-order valence-corrected chi connectivity index (χ2v) is 22.6. The first-order chi connectivity index (χ1) is 28.0. The van der Waals surface area contributed by atoms with E-state index < -0.39 is 39.0 Å². The summed E-state index contributed by atoms with van der Waals surface area (Å²) in [6, 6.07) is 22.4. The molecule has 5 aliphatic rings. The summed E-state index contributed by atoms with van der Waals surface area (Å²) in [6.45, 7) is 12.5. The normalized spacial score (nSPS) is 33.8. The molecular formula is C47H60O10Si.